The highest BCUT2D eigenvalue weighted by molar-refractivity contribution is 5.81. The quantitative estimate of drug-likeness (QED) is 0.814. The Morgan fingerprint density at radius 2 is 2.00 bits per heavy atom. The van der Waals surface area contributed by atoms with Gasteiger partial charge in [-0.05, 0) is 18.8 Å². The lowest BCUT2D eigenvalue weighted by molar-refractivity contribution is 0.0835. The highest BCUT2D eigenvalue weighted by Gasteiger charge is 2.45. The van der Waals surface area contributed by atoms with Gasteiger partial charge in [0.2, 0.25) is 0 Å². The zero-order valence-corrected chi connectivity index (χ0v) is 13.1. The van der Waals surface area contributed by atoms with Gasteiger partial charge in [-0.15, -0.1) is 0 Å². The number of likely N-dealkylation sites (tertiary alicyclic amines) is 1. The van der Waals surface area contributed by atoms with Gasteiger partial charge in [-0.1, -0.05) is 13.8 Å². The predicted octanol–water partition coefficient (Wildman–Crippen LogP) is 0.789. The van der Waals surface area contributed by atoms with Crippen molar-refractivity contribution in [2.75, 3.05) is 40.3 Å². The largest absolute Gasteiger partial charge is 0.370 e. The Kier molecular flexibility index (Phi) is 4.11. The smallest absolute Gasteiger partial charge is 0.319 e. The van der Waals surface area contributed by atoms with Crippen molar-refractivity contribution >= 4 is 12.0 Å². The molecule has 2 amide bonds. The van der Waals surface area contributed by atoms with Gasteiger partial charge >= 0.3 is 6.03 Å². The van der Waals surface area contributed by atoms with Crippen molar-refractivity contribution in [3.63, 3.8) is 0 Å². The maximum atomic E-state index is 12.0. The minimum Gasteiger partial charge on any atom is -0.370 e. The molecular formula is C14H27N5O. The van der Waals surface area contributed by atoms with E-state index in [0.717, 1.165) is 39.0 Å². The number of amides is 2. The number of guanidine groups is 1. The number of rotatable bonds is 2. The van der Waals surface area contributed by atoms with Crippen molar-refractivity contribution in [2.24, 2.45) is 16.6 Å². The summed E-state index contributed by atoms with van der Waals surface area (Å²) < 4.78 is 0. The Bertz CT molecular complexity index is 396. The van der Waals surface area contributed by atoms with Crippen LogP contribution in [0.5, 0.6) is 0 Å². The summed E-state index contributed by atoms with van der Waals surface area (Å²) in [4.78, 5) is 22.3. The molecule has 6 nitrogen and oxygen atoms in total. The van der Waals surface area contributed by atoms with Gasteiger partial charge in [-0.2, -0.15) is 0 Å². The van der Waals surface area contributed by atoms with Crippen LogP contribution in [-0.2, 0) is 0 Å². The van der Waals surface area contributed by atoms with Crippen LogP contribution in [0.25, 0.3) is 0 Å². The van der Waals surface area contributed by atoms with E-state index in [0.29, 0.717) is 11.9 Å². The maximum Gasteiger partial charge on any atom is 0.319 e. The van der Waals surface area contributed by atoms with Crippen LogP contribution in [0.3, 0.4) is 0 Å². The first-order chi connectivity index (χ1) is 9.35. The molecular weight excluding hydrogens is 254 g/mol. The Hall–Kier alpha value is -1.46. The summed E-state index contributed by atoms with van der Waals surface area (Å²) in [5, 5.41) is 0. The maximum absolute atomic E-state index is 12.0. The third-order valence-electron chi connectivity index (χ3n) is 4.28. The molecule has 114 valence electrons. The normalized spacial score (nSPS) is 21.6. The van der Waals surface area contributed by atoms with Gasteiger partial charge in [0.05, 0.1) is 12.1 Å². The molecule has 2 heterocycles. The standard InChI is InChI=1S/C14H27N5O/c1-11(2)9-19-12(15)16-10-14(19)5-7-18(8-6-14)13(20)17(3)4/h11H,5-10H2,1-4H3,(H2,15,16). The minimum absolute atomic E-state index is 0.0391. The first-order valence-electron chi connectivity index (χ1n) is 7.39. The third-order valence-corrected chi connectivity index (χ3v) is 4.28. The van der Waals surface area contributed by atoms with E-state index >= 15 is 0 Å². The molecule has 0 aromatic carbocycles. The van der Waals surface area contributed by atoms with Crippen molar-refractivity contribution in [1.29, 1.82) is 0 Å². The molecule has 1 fully saturated rings. The van der Waals surface area contributed by atoms with Crippen LogP contribution < -0.4 is 5.73 Å². The zero-order chi connectivity index (χ0) is 14.9. The van der Waals surface area contributed by atoms with Crippen LogP contribution in [0.1, 0.15) is 26.7 Å². The van der Waals surface area contributed by atoms with Crippen LogP contribution in [0.4, 0.5) is 4.79 Å². The summed E-state index contributed by atoms with van der Waals surface area (Å²) in [5.41, 5.74) is 6.10. The van der Waals surface area contributed by atoms with E-state index in [1.54, 1.807) is 19.0 Å². The highest BCUT2D eigenvalue weighted by atomic mass is 16.2. The lowest BCUT2D eigenvalue weighted by Gasteiger charge is -2.46. The van der Waals surface area contributed by atoms with Crippen molar-refractivity contribution < 1.29 is 4.79 Å². The monoisotopic (exact) mass is 281 g/mol. The minimum atomic E-state index is 0.0391. The molecule has 2 N–H and O–H groups in total. The summed E-state index contributed by atoms with van der Waals surface area (Å²) in [6.07, 6.45) is 1.90. The molecule has 0 aliphatic carbocycles. The second kappa shape index (κ2) is 5.50. The molecule has 0 radical (unpaired) electrons. The van der Waals surface area contributed by atoms with Crippen LogP contribution in [-0.4, -0.2) is 72.5 Å². The van der Waals surface area contributed by atoms with Crippen LogP contribution in [0.2, 0.25) is 0 Å². The summed E-state index contributed by atoms with van der Waals surface area (Å²) >= 11 is 0. The fraction of sp³-hybridized carbons (Fsp3) is 0.857. The molecule has 1 spiro atoms. The Labute approximate surface area is 121 Å². The van der Waals surface area contributed by atoms with Gasteiger partial charge in [-0.3, -0.25) is 4.99 Å². The van der Waals surface area contributed by atoms with E-state index in [4.69, 9.17) is 5.73 Å². The van der Waals surface area contributed by atoms with Gasteiger partial charge in [-0.25, -0.2) is 4.79 Å². The molecule has 20 heavy (non-hydrogen) atoms. The van der Waals surface area contributed by atoms with Crippen LogP contribution in [0, 0.1) is 5.92 Å². The van der Waals surface area contributed by atoms with Gasteiger partial charge < -0.3 is 20.4 Å². The summed E-state index contributed by atoms with van der Waals surface area (Å²) in [5.74, 6) is 1.23. The van der Waals surface area contributed by atoms with E-state index < -0.39 is 0 Å². The molecule has 2 rings (SSSR count). The first kappa shape index (κ1) is 14.9. The number of nitrogens with zero attached hydrogens (tertiary/aromatic N) is 4. The van der Waals surface area contributed by atoms with E-state index in [1.807, 2.05) is 4.90 Å². The van der Waals surface area contributed by atoms with Gasteiger partial charge in [0.15, 0.2) is 5.96 Å². The SMILES string of the molecule is CC(C)CN1C(N)=NCC12CCN(C(=O)N(C)C)CC2. The molecule has 0 aromatic rings. The first-order valence-corrected chi connectivity index (χ1v) is 7.39. The molecule has 0 saturated carbocycles. The average molecular weight is 281 g/mol. The number of nitrogens with two attached hydrogens (primary N) is 1. The number of hydrogen-bond donors (Lipinski definition) is 1. The van der Waals surface area contributed by atoms with E-state index in [-0.39, 0.29) is 11.6 Å². The van der Waals surface area contributed by atoms with Gasteiger partial charge in [0.25, 0.3) is 0 Å². The van der Waals surface area contributed by atoms with E-state index in [9.17, 15) is 4.79 Å². The van der Waals surface area contributed by atoms with Crippen molar-refractivity contribution in [1.82, 2.24) is 14.7 Å². The van der Waals surface area contributed by atoms with Gasteiger partial charge in [0, 0.05) is 33.7 Å². The number of aliphatic imine (C=N–C) groups is 1. The van der Waals surface area contributed by atoms with Crippen molar-refractivity contribution in [3.8, 4) is 0 Å². The molecule has 0 atom stereocenters. The summed E-state index contributed by atoms with van der Waals surface area (Å²) in [6.45, 7) is 7.68. The molecule has 0 bridgehead atoms. The number of piperidine rings is 1. The van der Waals surface area contributed by atoms with Crippen molar-refractivity contribution in [2.45, 2.75) is 32.2 Å². The number of hydrogen-bond acceptors (Lipinski definition) is 4. The summed E-state index contributed by atoms with van der Waals surface area (Å²) in [6, 6.07) is 0.0992. The van der Waals surface area contributed by atoms with Crippen molar-refractivity contribution in [3.05, 3.63) is 0 Å². The topological polar surface area (TPSA) is 65.2 Å². The summed E-state index contributed by atoms with van der Waals surface area (Å²) in [7, 11) is 3.60. The number of carbonyl (C=O) groups excluding carboxylic acids is 1. The molecule has 2 aliphatic rings. The molecule has 0 aromatic heterocycles. The zero-order valence-electron chi connectivity index (χ0n) is 13.1. The fourth-order valence-corrected chi connectivity index (χ4v) is 3.12. The second-order valence-electron chi connectivity index (χ2n) is 6.57. The Morgan fingerprint density at radius 3 is 2.50 bits per heavy atom. The second-order valence-corrected chi connectivity index (χ2v) is 6.57. The Morgan fingerprint density at radius 1 is 1.40 bits per heavy atom. The molecule has 6 heteroatoms. The van der Waals surface area contributed by atoms with E-state index in [1.165, 1.54) is 0 Å². The van der Waals surface area contributed by atoms with Crippen LogP contribution >= 0.6 is 0 Å². The van der Waals surface area contributed by atoms with Crippen LogP contribution in [0.15, 0.2) is 4.99 Å². The molecule has 2 aliphatic heterocycles. The predicted molar refractivity (Wildman–Crippen MR) is 80.7 cm³/mol. The fourth-order valence-electron chi connectivity index (χ4n) is 3.12. The lowest BCUT2D eigenvalue weighted by Crippen LogP contribution is -2.59. The lowest BCUT2D eigenvalue weighted by atomic mass is 9.86. The highest BCUT2D eigenvalue weighted by Crippen LogP contribution is 2.33. The average Bonchev–Trinajstić information content (AvgIpc) is 2.68. The number of carbonyl (C=O) groups is 1. The molecule has 1 saturated heterocycles. The number of urea groups is 1. The molecule has 0 unspecified atom stereocenters. The van der Waals surface area contributed by atoms with Gasteiger partial charge in [0.1, 0.15) is 0 Å². The van der Waals surface area contributed by atoms with E-state index in [2.05, 4.69) is 23.7 Å². The Balaban J connectivity index is 2.02. The third kappa shape index (κ3) is 2.69.